The van der Waals surface area contributed by atoms with E-state index in [2.05, 4.69) is 0 Å². The number of ether oxygens (including phenoxy) is 1. The number of benzene rings is 1. The van der Waals surface area contributed by atoms with Gasteiger partial charge >= 0.3 is 0 Å². The molecule has 0 aliphatic carbocycles. The van der Waals surface area contributed by atoms with Gasteiger partial charge in [-0.25, -0.2) is 4.90 Å². The zero-order valence-electron chi connectivity index (χ0n) is 14.3. The predicted octanol–water partition coefficient (Wildman–Crippen LogP) is 1.88. The molecule has 0 radical (unpaired) electrons. The van der Waals surface area contributed by atoms with Crippen molar-refractivity contribution in [1.29, 1.82) is 0 Å². The van der Waals surface area contributed by atoms with E-state index in [0.29, 0.717) is 24.6 Å². The van der Waals surface area contributed by atoms with Gasteiger partial charge in [-0.2, -0.15) is 0 Å². The van der Waals surface area contributed by atoms with Crippen LogP contribution in [0.1, 0.15) is 20.3 Å². The SMILES string of the molecule is CCOc1ccccc1N1C(=O)SC(CC(=O)N(CC)CCO)C1=O. The average molecular weight is 366 g/mol. The minimum atomic E-state index is -0.762. The van der Waals surface area contributed by atoms with Gasteiger partial charge in [0, 0.05) is 19.5 Å². The van der Waals surface area contributed by atoms with Gasteiger partial charge in [-0.15, -0.1) is 0 Å². The molecule has 1 fully saturated rings. The molecule has 1 atom stereocenters. The van der Waals surface area contributed by atoms with Crippen molar-refractivity contribution in [3.05, 3.63) is 24.3 Å². The van der Waals surface area contributed by atoms with Gasteiger partial charge in [0.2, 0.25) is 11.8 Å². The third-order valence-electron chi connectivity index (χ3n) is 3.79. The van der Waals surface area contributed by atoms with Crippen molar-refractivity contribution < 1.29 is 24.2 Å². The summed E-state index contributed by atoms with van der Waals surface area (Å²) >= 11 is 0.850. The van der Waals surface area contributed by atoms with Crippen LogP contribution in [0.25, 0.3) is 0 Å². The van der Waals surface area contributed by atoms with E-state index in [4.69, 9.17) is 9.84 Å². The summed E-state index contributed by atoms with van der Waals surface area (Å²) in [4.78, 5) is 39.9. The molecule has 7 nitrogen and oxygen atoms in total. The quantitative estimate of drug-likeness (QED) is 0.756. The van der Waals surface area contributed by atoms with Crippen LogP contribution in [-0.2, 0) is 9.59 Å². The Labute approximate surface area is 150 Å². The van der Waals surface area contributed by atoms with E-state index in [1.807, 2.05) is 6.92 Å². The molecule has 8 heteroatoms. The maximum absolute atomic E-state index is 12.7. The van der Waals surface area contributed by atoms with Gasteiger partial charge in [0.1, 0.15) is 11.0 Å². The molecule has 1 aliphatic rings. The molecule has 0 aromatic heterocycles. The van der Waals surface area contributed by atoms with Crippen LogP contribution >= 0.6 is 11.8 Å². The highest BCUT2D eigenvalue weighted by Crippen LogP contribution is 2.38. The zero-order chi connectivity index (χ0) is 18.4. The number of likely N-dealkylation sites (N-methyl/N-ethyl adjacent to an activating group) is 1. The van der Waals surface area contributed by atoms with Gasteiger partial charge in [-0.3, -0.25) is 14.4 Å². The highest BCUT2D eigenvalue weighted by Gasteiger charge is 2.43. The highest BCUT2D eigenvalue weighted by molar-refractivity contribution is 8.15. The number of anilines is 1. The van der Waals surface area contributed by atoms with Crippen LogP contribution in [0.5, 0.6) is 5.75 Å². The Bertz CT molecular complexity index is 652. The molecule has 0 saturated carbocycles. The molecule has 1 N–H and O–H groups in total. The summed E-state index contributed by atoms with van der Waals surface area (Å²) in [5.41, 5.74) is 0.393. The molecule has 1 heterocycles. The summed E-state index contributed by atoms with van der Waals surface area (Å²) in [7, 11) is 0. The highest BCUT2D eigenvalue weighted by atomic mass is 32.2. The van der Waals surface area contributed by atoms with Gasteiger partial charge in [0.15, 0.2) is 0 Å². The summed E-state index contributed by atoms with van der Waals surface area (Å²) in [5.74, 6) is -0.222. The molecule has 2 rings (SSSR count). The second-order valence-electron chi connectivity index (χ2n) is 5.35. The van der Waals surface area contributed by atoms with E-state index in [1.54, 1.807) is 31.2 Å². The van der Waals surface area contributed by atoms with E-state index in [1.165, 1.54) is 4.90 Å². The van der Waals surface area contributed by atoms with Gasteiger partial charge in [0.05, 0.1) is 18.9 Å². The fourth-order valence-corrected chi connectivity index (χ4v) is 3.56. The fraction of sp³-hybridized carbons (Fsp3) is 0.471. The molecule has 0 spiro atoms. The van der Waals surface area contributed by atoms with Crippen LogP contribution in [0.3, 0.4) is 0 Å². The van der Waals surface area contributed by atoms with Crippen molar-refractivity contribution in [2.45, 2.75) is 25.5 Å². The number of rotatable bonds is 8. The lowest BCUT2D eigenvalue weighted by molar-refractivity contribution is -0.133. The van der Waals surface area contributed by atoms with Crippen molar-refractivity contribution in [3.8, 4) is 5.75 Å². The van der Waals surface area contributed by atoms with Crippen molar-refractivity contribution in [3.63, 3.8) is 0 Å². The molecule has 136 valence electrons. The Balaban J connectivity index is 2.16. The number of amides is 3. The standard InChI is InChI=1S/C17H22N2O5S/c1-3-18(9-10-20)15(21)11-14-16(22)19(17(23)25-14)12-7-5-6-8-13(12)24-4-2/h5-8,14,20H,3-4,9-11H2,1-2H3. The van der Waals surface area contributed by atoms with E-state index in [0.717, 1.165) is 16.7 Å². The molecule has 3 amide bonds. The summed E-state index contributed by atoms with van der Waals surface area (Å²) in [5, 5.41) is 7.82. The first kappa shape index (κ1) is 19.3. The zero-order valence-corrected chi connectivity index (χ0v) is 15.1. The Morgan fingerprint density at radius 2 is 2.04 bits per heavy atom. The van der Waals surface area contributed by atoms with Crippen molar-refractivity contribution >= 4 is 34.5 Å². The number of hydrogen-bond donors (Lipinski definition) is 1. The smallest absolute Gasteiger partial charge is 0.293 e. The summed E-state index contributed by atoms with van der Waals surface area (Å²) in [6, 6.07) is 6.83. The number of aliphatic hydroxyl groups is 1. The van der Waals surface area contributed by atoms with Crippen LogP contribution in [0.15, 0.2) is 24.3 Å². The Morgan fingerprint density at radius 1 is 1.32 bits per heavy atom. The molecule has 1 aliphatic heterocycles. The molecule has 1 aromatic rings. The first-order chi connectivity index (χ1) is 12.0. The third-order valence-corrected chi connectivity index (χ3v) is 4.83. The van der Waals surface area contributed by atoms with E-state index in [-0.39, 0.29) is 25.5 Å². The number of imide groups is 1. The van der Waals surface area contributed by atoms with Crippen LogP contribution < -0.4 is 9.64 Å². The molecular formula is C17H22N2O5S. The van der Waals surface area contributed by atoms with Crippen molar-refractivity contribution in [2.75, 3.05) is 31.2 Å². The van der Waals surface area contributed by atoms with E-state index >= 15 is 0 Å². The summed E-state index contributed by atoms with van der Waals surface area (Å²) in [6.07, 6.45) is -0.0730. The summed E-state index contributed by atoms with van der Waals surface area (Å²) < 4.78 is 5.49. The number of para-hydroxylation sites is 2. The second-order valence-corrected chi connectivity index (χ2v) is 6.50. The van der Waals surface area contributed by atoms with Gasteiger partial charge in [-0.1, -0.05) is 12.1 Å². The molecule has 1 unspecified atom stereocenters. The number of aliphatic hydroxyl groups excluding tert-OH is 1. The van der Waals surface area contributed by atoms with E-state index in [9.17, 15) is 14.4 Å². The lowest BCUT2D eigenvalue weighted by Gasteiger charge is -2.21. The number of hydrogen-bond acceptors (Lipinski definition) is 6. The number of nitrogens with zero attached hydrogens (tertiary/aromatic N) is 2. The van der Waals surface area contributed by atoms with Crippen molar-refractivity contribution in [1.82, 2.24) is 4.90 Å². The van der Waals surface area contributed by atoms with Crippen LogP contribution in [-0.4, -0.2) is 58.6 Å². The van der Waals surface area contributed by atoms with Gasteiger partial charge in [0.25, 0.3) is 5.24 Å². The third kappa shape index (κ3) is 4.32. The predicted molar refractivity (Wildman–Crippen MR) is 95.8 cm³/mol. The number of carbonyl (C=O) groups is 3. The summed E-state index contributed by atoms with van der Waals surface area (Å²) in [6.45, 7) is 4.54. The maximum Gasteiger partial charge on any atom is 0.293 e. The van der Waals surface area contributed by atoms with Crippen molar-refractivity contribution in [2.24, 2.45) is 0 Å². The van der Waals surface area contributed by atoms with Crippen LogP contribution in [0.2, 0.25) is 0 Å². The normalized spacial score (nSPS) is 17.1. The Kier molecular flexibility index (Phi) is 6.83. The van der Waals surface area contributed by atoms with Gasteiger partial charge in [-0.05, 0) is 37.7 Å². The van der Waals surface area contributed by atoms with Gasteiger partial charge < -0.3 is 14.7 Å². The van der Waals surface area contributed by atoms with Crippen LogP contribution in [0, 0.1) is 0 Å². The first-order valence-electron chi connectivity index (χ1n) is 8.18. The topological polar surface area (TPSA) is 87.2 Å². The minimum absolute atomic E-state index is 0.0730. The molecule has 0 bridgehead atoms. The Hall–Kier alpha value is -2.06. The molecule has 1 aromatic carbocycles. The number of thioether (sulfide) groups is 1. The monoisotopic (exact) mass is 366 g/mol. The van der Waals surface area contributed by atoms with E-state index < -0.39 is 16.4 Å². The maximum atomic E-state index is 12.7. The fourth-order valence-electron chi connectivity index (χ4n) is 2.59. The largest absolute Gasteiger partial charge is 0.492 e. The average Bonchev–Trinajstić information content (AvgIpc) is 2.87. The minimum Gasteiger partial charge on any atom is -0.492 e. The molecule has 25 heavy (non-hydrogen) atoms. The lowest BCUT2D eigenvalue weighted by atomic mass is 10.2. The first-order valence-corrected chi connectivity index (χ1v) is 9.06. The van der Waals surface area contributed by atoms with Crippen LogP contribution in [0.4, 0.5) is 10.5 Å². The Morgan fingerprint density at radius 3 is 2.68 bits per heavy atom. The lowest BCUT2D eigenvalue weighted by Crippen LogP contribution is -2.37. The molecule has 1 saturated heterocycles. The number of carbonyl (C=O) groups excluding carboxylic acids is 3. The molecular weight excluding hydrogens is 344 g/mol. The second kappa shape index (κ2) is 8.87.